The van der Waals surface area contributed by atoms with Crippen LogP contribution in [0, 0.1) is 0 Å². The first-order valence-corrected chi connectivity index (χ1v) is 15.8. The molecule has 2 rings (SSSR count). The number of hydrogen-bond acceptors (Lipinski definition) is 7. The molecule has 2 aromatic carbocycles. The molecule has 5 nitrogen and oxygen atoms in total. The van der Waals surface area contributed by atoms with Gasteiger partial charge in [-0.15, -0.1) is 11.8 Å². The van der Waals surface area contributed by atoms with Gasteiger partial charge in [0.1, 0.15) is 0 Å². The van der Waals surface area contributed by atoms with Crippen molar-refractivity contribution >= 4 is 23.8 Å². The lowest BCUT2D eigenvalue weighted by Gasteiger charge is -2.33. The zero-order valence-electron chi connectivity index (χ0n) is 25.3. The number of methoxy groups -OCH3 is 2. The van der Waals surface area contributed by atoms with Gasteiger partial charge in [0.15, 0.2) is 27.9 Å². The molecule has 0 saturated heterocycles. The number of thioether (sulfide) groups is 1. The number of aryl methyl sites for hydroxylation is 2. The third kappa shape index (κ3) is 10.9. The van der Waals surface area contributed by atoms with E-state index in [2.05, 4.69) is 36.5 Å². The second-order valence-electron chi connectivity index (χ2n) is 9.66. The number of phenols is 2. The van der Waals surface area contributed by atoms with E-state index in [9.17, 15) is 10.2 Å². The third-order valence-electron chi connectivity index (χ3n) is 6.48. The molecule has 7 heteroatoms. The summed E-state index contributed by atoms with van der Waals surface area (Å²) in [5.41, 5.74) is 2.25. The van der Waals surface area contributed by atoms with E-state index >= 15 is 0 Å². The molecule has 0 aliphatic carbocycles. The van der Waals surface area contributed by atoms with Gasteiger partial charge >= 0.3 is 0 Å². The number of benzene rings is 2. The Balaban J connectivity index is 2.13. The number of hydrogen-bond donors (Lipinski definition) is 2. The Labute approximate surface area is 255 Å². The number of aromatic hydroxyl groups is 2. The van der Waals surface area contributed by atoms with Crippen LogP contribution in [0.1, 0.15) is 58.1 Å². The predicted molar refractivity (Wildman–Crippen MR) is 176 cm³/mol. The van der Waals surface area contributed by atoms with Crippen LogP contribution in [0.15, 0.2) is 85.0 Å². The third-order valence-corrected chi connectivity index (χ3v) is 9.03. The van der Waals surface area contributed by atoms with Crippen molar-refractivity contribution in [1.29, 1.82) is 0 Å². The molecule has 0 aliphatic rings. The molecular weight excluding hydrogens is 553 g/mol. The molecule has 0 aromatic heterocycles. The van der Waals surface area contributed by atoms with Crippen molar-refractivity contribution < 1.29 is 23.9 Å². The second-order valence-corrected chi connectivity index (χ2v) is 12.1. The van der Waals surface area contributed by atoms with Crippen LogP contribution >= 0.6 is 23.8 Å². The van der Waals surface area contributed by atoms with Crippen molar-refractivity contribution in [2.75, 3.05) is 20.0 Å². The van der Waals surface area contributed by atoms with Crippen molar-refractivity contribution in [3.05, 3.63) is 96.1 Å². The Morgan fingerprint density at radius 1 is 0.707 bits per heavy atom. The van der Waals surface area contributed by atoms with E-state index < -0.39 is 4.93 Å². The summed E-state index contributed by atoms with van der Waals surface area (Å²) < 4.78 is 17.0. The van der Waals surface area contributed by atoms with Crippen LogP contribution in [0.5, 0.6) is 23.0 Å². The lowest BCUT2D eigenvalue weighted by molar-refractivity contribution is 0.309. The van der Waals surface area contributed by atoms with Gasteiger partial charge < -0.3 is 19.7 Å². The maximum Gasteiger partial charge on any atom is 0.165 e. The van der Waals surface area contributed by atoms with Crippen molar-refractivity contribution in [2.45, 2.75) is 69.5 Å². The van der Waals surface area contributed by atoms with E-state index in [1.54, 1.807) is 38.1 Å². The first kappa shape index (κ1) is 34.5. The molecule has 41 heavy (non-hydrogen) atoms. The molecule has 2 N–H and O–H groups in total. The average molecular weight is 599 g/mol. The molecule has 0 unspecified atom stereocenters. The molecule has 0 heterocycles. The van der Waals surface area contributed by atoms with Crippen LogP contribution < -0.4 is 9.47 Å². The fraction of sp³-hybridized carbons (Fsp3) is 0.412. The van der Waals surface area contributed by atoms with Crippen molar-refractivity contribution in [3.8, 4) is 23.0 Å². The number of allylic oxidation sites excluding steroid dienone is 4. The van der Waals surface area contributed by atoms with Gasteiger partial charge in [0.2, 0.25) is 0 Å². The zero-order valence-corrected chi connectivity index (χ0v) is 26.9. The van der Waals surface area contributed by atoms with Crippen LogP contribution in [-0.2, 0) is 17.0 Å². The van der Waals surface area contributed by atoms with Crippen LogP contribution in [0.25, 0.3) is 0 Å². The smallest absolute Gasteiger partial charge is 0.165 e. The lowest BCUT2D eigenvalue weighted by Crippen LogP contribution is -2.27. The largest absolute Gasteiger partial charge is 0.504 e. The molecule has 0 radical (unpaired) electrons. The highest BCUT2D eigenvalue weighted by molar-refractivity contribution is 8.02. The molecule has 2 aromatic rings. The van der Waals surface area contributed by atoms with Crippen LogP contribution in [0.3, 0.4) is 0 Å². The molecule has 0 saturated carbocycles. The van der Waals surface area contributed by atoms with E-state index in [4.69, 9.17) is 13.7 Å². The molecule has 0 amide bonds. The van der Waals surface area contributed by atoms with Gasteiger partial charge in [-0.2, -0.15) is 0 Å². The summed E-state index contributed by atoms with van der Waals surface area (Å²) in [6.45, 7) is 8.13. The maximum atomic E-state index is 9.94. The van der Waals surface area contributed by atoms with Crippen LogP contribution in [0.2, 0.25) is 0 Å². The minimum Gasteiger partial charge on any atom is -0.504 e. The number of ether oxygens (including phenoxy) is 2. The number of phenolic OH excluding ortho intramolecular Hbond substituents is 2. The van der Waals surface area contributed by atoms with Crippen LogP contribution in [-0.4, -0.2) is 39.9 Å². The van der Waals surface area contributed by atoms with Gasteiger partial charge in [0, 0.05) is 12.0 Å². The second kappa shape index (κ2) is 17.9. The van der Waals surface area contributed by atoms with Gasteiger partial charge in [0.25, 0.3) is 0 Å². The van der Waals surface area contributed by atoms with E-state index in [1.807, 2.05) is 64.1 Å². The minimum atomic E-state index is -0.612. The van der Waals surface area contributed by atoms with Gasteiger partial charge in [-0.05, 0) is 113 Å². The highest BCUT2D eigenvalue weighted by Gasteiger charge is 2.33. The van der Waals surface area contributed by atoms with Gasteiger partial charge in [-0.25, -0.2) is 0 Å². The van der Waals surface area contributed by atoms with Gasteiger partial charge in [0.05, 0.1) is 19.0 Å². The van der Waals surface area contributed by atoms with E-state index in [0.29, 0.717) is 11.5 Å². The summed E-state index contributed by atoms with van der Waals surface area (Å²) in [6, 6.07) is 11.1. The highest BCUT2D eigenvalue weighted by atomic mass is 32.2. The average Bonchev–Trinajstić information content (AvgIpc) is 2.96. The summed E-state index contributed by atoms with van der Waals surface area (Å²) in [4.78, 5) is -0.612. The molecule has 0 bridgehead atoms. The SMILES string of the molecule is CC=CC(C=CC)(CCCc1ccc(O)c(OC)c1)SOC(/C=C/C)(/C=C/C)SCCCc1ccc(O)c(OC)c1. The fourth-order valence-electron chi connectivity index (χ4n) is 4.55. The molecule has 0 fully saturated rings. The lowest BCUT2D eigenvalue weighted by atomic mass is 9.97. The quantitative estimate of drug-likeness (QED) is 0.0767. The monoisotopic (exact) mass is 598 g/mol. The minimum absolute atomic E-state index is 0.155. The number of rotatable bonds is 18. The topological polar surface area (TPSA) is 68.2 Å². The van der Waals surface area contributed by atoms with Crippen molar-refractivity contribution in [3.63, 3.8) is 0 Å². The van der Waals surface area contributed by atoms with E-state index in [0.717, 1.165) is 49.0 Å². The Morgan fingerprint density at radius 3 is 1.66 bits per heavy atom. The van der Waals surface area contributed by atoms with Crippen molar-refractivity contribution in [2.24, 2.45) is 0 Å². The van der Waals surface area contributed by atoms with E-state index in [1.165, 1.54) is 12.0 Å². The first-order chi connectivity index (χ1) is 19.8. The van der Waals surface area contributed by atoms with E-state index in [-0.39, 0.29) is 16.2 Å². The van der Waals surface area contributed by atoms with Crippen molar-refractivity contribution in [1.82, 2.24) is 0 Å². The summed E-state index contributed by atoms with van der Waals surface area (Å²) >= 11 is 3.28. The Kier molecular flexibility index (Phi) is 15.1. The molecule has 0 aliphatic heterocycles. The summed E-state index contributed by atoms with van der Waals surface area (Å²) in [7, 11) is 3.14. The standard InChI is InChI=1S/C34H46O5S2/c1-7-19-33(20-8-2,23-11-13-27-15-17-29(35)31(25-27)37-5)41-39-34(21-9-3,22-10-4)40-24-12-14-28-16-18-30(36)32(26-28)38-6/h7-10,15-22,25-26,35-36H,11-14,23-24H2,1-6H3/b19-7?,20-8?,21-9+,22-10+. The van der Waals surface area contributed by atoms with Gasteiger partial charge in [-0.3, -0.25) is 4.18 Å². The Bertz CT molecular complexity index is 1160. The molecule has 224 valence electrons. The summed E-state index contributed by atoms with van der Waals surface area (Å²) in [6.07, 6.45) is 21.4. The highest BCUT2D eigenvalue weighted by Crippen LogP contribution is 2.43. The van der Waals surface area contributed by atoms with Crippen LogP contribution in [0.4, 0.5) is 0 Å². The summed E-state index contributed by atoms with van der Waals surface area (Å²) in [5.74, 6) is 2.20. The first-order valence-electron chi connectivity index (χ1n) is 14.1. The predicted octanol–water partition coefficient (Wildman–Crippen LogP) is 9.21. The maximum absolute atomic E-state index is 9.94. The Morgan fingerprint density at radius 2 is 1.20 bits per heavy atom. The Hall–Kier alpha value is -2.74. The zero-order chi connectivity index (χ0) is 30.1. The fourth-order valence-corrected chi connectivity index (χ4v) is 6.93. The van der Waals surface area contributed by atoms with Gasteiger partial charge in [-0.1, -0.05) is 48.6 Å². The molecule has 0 atom stereocenters. The normalized spacial score (nSPS) is 14.0. The molecule has 0 spiro atoms. The molecular formula is C34H46O5S2. The summed E-state index contributed by atoms with van der Waals surface area (Å²) in [5, 5.41) is 19.8.